The van der Waals surface area contributed by atoms with E-state index in [1.165, 1.54) is 12.8 Å². The van der Waals surface area contributed by atoms with Crippen molar-refractivity contribution >= 4 is 23.2 Å². The Hall–Kier alpha value is 0.580. The second-order valence-corrected chi connectivity index (χ2v) is 2.90. The Kier molecular flexibility index (Phi) is 6.13. The monoisotopic (exact) mass is 153 g/mol. The van der Waals surface area contributed by atoms with E-state index in [4.69, 9.17) is 23.2 Å². The van der Waals surface area contributed by atoms with Crippen molar-refractivity contribution < 1.29 is 0 Å². The zero-order valence-corrected chi connectivity index (χ0v) is 6.60. The van der Waals surface area contributed by atoms with Crippen LogP contribution in [0.5, 0.6) is 0 Å². The van der Waals surface area contributed by atoms with Crippen molar-refractivity contribution in [3.63, 3.8) is 0 Å². The van der Waals surface area contributed by atoms with Crippen LogP contribution < -0.4 is 0 Å². The van der Waals surface area contributed by atoms with Crippen LogP contribution in [0.15, 0.2) is 0 Å². The van der Waals surface area contributed by atoms with Gasteiger partial charge in [0.15, 0.2) is 4.84 Å². The van der Waals surface area contributed by atoms with E-state index in [-0.39, 0.29) is 0 Å². The molecule has 0 heterocycles. The summed E-state index contributed by atoms with van der Waals surface area (Å²) in [6.45, 7) is 2.15. The first-order valence-electron chi connectivity index (χ1n) is 2.94. The van der Waals surface area contributed by atoms with Crippen molar-refractivity contribution in [2.75, 3.05) is 0 Å². The highest BCUT2D eigenvalue weighted by molar-refractivity contribution is 6.52. The molecule has 0 nitrogen and oxygen atoms in total. The third-order valence-electron chi connectivity index (χ3n) is 0.969. The second kappa shape index (κ2) is 5.71. The topological polar surface area (TPSA) is 0 Å². The van der Waals surface area contributed by atoms with Gasteiger partial charge in [0.25, 0.3) is 0 Å². The van der Waals surface area contributed by atoms with Gasteiger partial charge in [-0.15, -0.1) is 0 Å². The van der Waals surface area contributed by atoms with Crippen LogP contribution in [0.3, 0.4) is 0 Å². The Labute approximate surface area is 61.2 Å². The van der Waals surface area contributed by atoms with Crippen molar-refractivity contribution in [3.05, 3.63) is 4.84 Å². The van der Waals surface area contributed by atoms with E-state index in [9.17, 15) is 0 Å². The fourth-order valence-electron chi connectivity index (χ4n) is 0.509. The number of unbranched alkanes of at least 4 members (excludes halogenated alkanes) is 2. The highest BCUT2D eigenvalue weighted by Gasteiger charge is 1.96. The molecule has 0 aliphatic heterocycles. The van der Waals surface area contributed by atoms with Crippen molar-refractivity contribution in [2.24, 2.45) is 0 Å². The summed E-state index contributed by atoms with van der Waals surface area (Å²) < 4.78 is 0. The molecule has 0 amide bonds. The summed E-state index contributed by atoms with van der Waals surface area (Å²) in [6, 6.07) is 0. The standard InChI is InChI=1S/C6H11Cl2/c1-2-3-4-5-6(7)8/h2-5H2,1H3. The van der Waals surface area contributed by atoms with Crippen LogP contribution in [-0.4, -0.2) is 0 Å². The molecule has 0 rings (SSSR count). The quantitative estimate of drug-likeness (QED) is 0.543. The van der Waals surface area contributed by atoms with Crippen molar-refractivity contribution in [1.29, 1.82) is 0 Å². The molecule has 1 radical (unpaired) electrons. The third kappa shape index (κ3) is 6.58. The maximum Gasteiger partial charge on any atom is 0.151 e. The van der Waals surface area contributed by atoms with E-state index in [1.54, 1.807) is 0 Å². The van der Waals surface area contributed by atoms with Crippen LogP contribution in [0.4, 0.5) is 0 Å². The van der Waals surface area contributed by atoms with E-state index in [2.05, 4.69) is 6.92 Å². The Balaban J connectivity index is 2.72. The van der Waals surface area contributed by atoms with E-state index in [1.807, 2.05) is 0 Å². The first-order valence-corrected chi connectivity index (χ1v) is 3.69. The molecule has 8 heavy (non-hydrogen) atoms. The molecule has 0 aliphatic rings. The molecule has 0 aliphatic carbocycles. The lowest BCUT2D eigenvalue weighted by molar-refractivity contribution is 0.717. The molecule has 0 spiro atoms. The lowest BCUT2D eigenvalue weighted by Gasteiger charge is -1.95. The van der Waals surface area contributed by atoms with Gasteiger partial charge in [0.05, 0.1) is 0 Å². The molecule has 0 aromatic heterocycles. The summed E-state index contributed by atoms with van der Waals surface area (Å²) in [5, 5.41) is 0. The summed E-state index contributed by atoms with van der Waals surface area (Å²) in [5.74, 6) is 0. The Morgan fingerprint density at radius 1 is 1.25 bits per heavy atom. The van der Waals surface area contributed by atoms with Gasteiger partial charge in [-0.3, -0.25) is 0 Å². The molecular weight excluding hydrogens is 143 g/mol. The van der Waals surface area contributed by atoms with Gasteiger partial charge in [-0.2, -0.15) is 0 Å². The second-order valence-electron chi connectivity index (χ2n) is 1.80. The smallest absolute Gasteiger partial charge is 0.0983 e. The van der Waals surface area contributed by atoms with Crippen LogP contribution in [0, 0.1) is 4.84 Å². The van der Waals surface area contributed by atoms with Crippen LogP contribution >= 0.6 is 23.2 Å². The van der Waals surface area contributed by atoms with Crippen LogP contribution in [0.25, 0.3) is 0 Å². The first-order chi connectivity index (χ1) is 3.77. The van der Waals surface area contributed by atoms with E-state index in [0.29, 0.717) is 4.84 Å². The molecule has 0 saturated carbocycles. The number of rotatable bonds is 4. The summed E-state index contributed by atoms with van der Waals surface area (Å²) >= 11 is 10.8. The van der Waals surface area contributed by atoms with Gasteiger partial charge in [0, 0.05) is 0 Å². The molecule has 0 N–H and O–H groups in total. The summed E-state index contributed by atoms with van der Waals surface area (Å²) in [6.07, 6.45) is 4.43. The maximum absolute atomic E-state index is 5.40. The SMILES string of the molecule is CCCCC[C](Cl)Cl. The molecule has 0 atom stereocenters. The van der Waals surface area contributed by atoms with Gasteiger partial charge in [-0.05, 0) is 6.42 Å². The Morgan fingerprint density at radius 2 is 1.88 bits per heavy atom. The fourth-order valence-corrected chi connectivity index (χ4v) is 0.776. The molecule has 0 fully saturated rings. The highest BCUT2D eigenvalue weighted by atomic mass is 35.5. The molecule has 0 aromatic carbocycles. The maximum atomic E-state index is 5.40. The van der Waals surface area contributed by atoms with Crippen LogP contribution in [0.1, 0.15) is 32.6 Å². The average Bonchev–Trinajstić information content (AvgIpc) is 1.66. The van der Waals surface area contributed by atoms with E-state index < -0.39 is 0 Å². The molecule has 2 heteroatoms. The molecule has 0 saturated heterocycles. The zero-order chi connectivity index (χ0) is 6.41. The lowest BCUT2D eigenvalue weighted by atomic mass is 10.2. The normalized spacial score (nSPS) is 10.5. The van der Waals surface area contributed by atoms with Crippen molar-refractivity contribution in [2.45, 2.75) is 32.6 Å². The molecular formula is C6H11Cl2. The predicted molar refractivity (Wildman–Crippen MR) is 39.1 cm³/mol. The predicted octanol–water partition coefficient (Wildman–Crippen LogP) is 3.53. The number of hydrogen-bond acceptors (Lipinski definition) is 0. The molecule has 0 bridgehead atoms. The molecule has 0 aromatic rings. The van der Waals surface area contributed by atoms with Gasteiger partial charge < -0.3 is 0 Å². The highest BCUT2D eigenvalue weighted by Crippen LogP contribution is 2.19. The minimum absolute atomic E-state index is 0.512. The molecule has 49 valence electrons. The zero-order valence-electron chi connectivity index (χ0n) is 5.08. The van der Waals surface area contributed by atoms with Gasteiger partial charge in [-0.25, -0.2) is 0 Å². The van der Waals surface area contributed by atoms with Crippen LogP contribution in [0.2, 0.25) is 0 Å². The van der Waals surface area contributed by atoms with Crippen LogP contribution in [-0.2, 0) is 0 Å². The van der Waals surface area contributed by atoms with E-state index in [0.717, 1.165) is 12.8 Å². The Morgan fingerprint density at radius 3 is 2.25 bits per heavy atom. The summed E-state index contributed by atoms with van der Waals surface area (Å²) in [5.41, 5.74) is 0. The number of hydrogen-bond donors (Lipinski definition) is 0. The minimum Gasteiger partial charge on any atom is -0.0983 e. The Bertz CT molecular complexity index is 43.8. The number of halogens is 2. The summed E-state index contributed by atoms with van der Waals surface area (Å²) in [7, 11) is 0. The van der Waals surface area contributed by atoms with Gasteiger partial charge >= 0.3 is 0 Å². The lowest BCUT2D eigenvalue weighted by Crippen LogP contribution is -1.76. The fraction of sp³-hybridized carbons (Fsp3) is 0.833. The molecule has 0 unspecified atom stereocenters. The van der Waals surface area contributed by atoms with Crippen molar-refractivity contribution in [3.8, 4) is 0 Å². The largest absolute Gasteiger partial charge is 0.151 e. The first kappa shape index (κ1) is 8.58. The van der Waals surface area contributed by atoms with E-state index >= 15 is 0 Å². The minimum atomic E-state index is 0.512. The van der Waals surface area contributed by atoms with Gasteiger partial charge in [0.1, 0.15) is 0 Å². The third-order valence-corrected chi connectivity index (χ3v) is 1.35. The van der Waals surface area contributed by atoms with Crippen molar-refractivity contribution in [1.82, 2.24) is 0 Å². The summed E-state index contributed by atoms with van der Waals surface area (Å²) in [4.78, 5) is 0.512. The average molecular weight is 154 g/mol. The van der Waals surface area contributed by atoms with Gasteiger partial charge in [-0.1, -0.05) is 49.4 Å². The van der Waals surface area contributed by atoms with Gasteiger partial charge in [0.2, 0.25) is 0 Å².